The van der Waals surface area contributed by atoms with E-state index in [2.05, 4.69) is 24.1 Å². The topological polar surface area (TPSA) is 54.7 Å². The minimum atomic E-state index is -0.216. The Morgan fingerprint density at radius 2 is 1.79 bits per heavy atom. The normalized spacial score (nSPS) is 11.1. The third-order valence-corrected chi connectivity index (χ3v) is 5.02. The van der Waals surface area contributed by atoms with Crippen LogP contribution in [0.1, 0.15) is 35.5 Å². The fraction of sp³-hybridized carbons (Fsp3) is 0.348. The first kappa shape index (κ1) is 20.0. The quantitative estimate of drug-likeness (QED) is 0.598. The minimum absolute atomic E-state index is 0.216. The van der Waals surface area contributed by atoms with Crippen molar-refractivity contribution in [1.29, 1.82) is 0 Å². The number of carbonyl (C=O) groups excluding carboxylic acids is 1. The van der Waals surface area contributed by atoms with Gasteiger partial charge in [0.15, 0.2) is 5.76 Å². The second kappa shape index (κ2) is 9.42. The summed E-state index contributed by atoms with van der Waals surface area (Å²) in [5, 5.41) is 3.92. The lowest BCUT2D eigenvalue weighted by molar-refractivity contribution is 0.0924. The number of benzene rings is 2. The van der Waals surface area contributed by atoms with E-state index in [1.54, 1.807) is 0 Å². The summed E-state index contributed by atoms with van der Waals surface area (Å²) in [4.78, 5) is 15.0. The highest BCUT2D eigenvalue weighted by molar-refractivity contribution is 5.98. The number of para-hydroxylation sites is 2. The predicted octanol–water partition coefficient (Wildman–Crippen LogP) is 4.39. The monoisotopic (exact) mass is 380 g/mol. The number of ether oxygens (including phenoxy) is 1. The van der Waals surface area contributed by atoms with E-state index in [9.17, 15) is 4.79 Å². The van der Waals surface area contributed by atoms with Gasteiger partial charge < -0.3 is 19.4 Å². The number of carbonyl (C=O) groups is 1. The fourth-order valence-electron chi connectivity index (χ4n) is 3.26. The number of likely N-dealkylation sites (N-methyl/N-ethyl adjacent to an activating group) is 1. The Morgan fingerprint density at radius 3 is 2.54 bits per heavy atom. The number of fused-ring (bicyclic) bond motifs is 1. The highest BCUT2D eigenvalue weighted by Crippen LogP contribution is 2.25. The van der Waals surface area contributed by atoms with Gasteiger partial charge >= 0.3 is 0 Å². The van der Waals surface area contributed by atoms with Crippen LogP contribution in [0.25, 0.3) is 11.0 Å². The number of amides is 1. The lowest BCUT2D eigenvalue weighted by Crippen LogP contribution is -2.28. The maximum absolute atomic E-state index is 12.6. The van der Waals surface area contributed by atoms with E-state index in [1.807, 2.05) is 55.5 Å². The van der Waals surface area contributed by atoms with Crippen LogP contribution in [0.5, 0.6) is 5.75 Å². The van der Waals surface area contributed by atoms with Crippen molar-refractivity contribution in [2.24, 2.45) is 0 Å². The summed E-state index contributed by atoms with van der Waals surface area (Å²) in [6.07, 6.45) is 0. The zero-order chi connectivity index (χ0) is 19.9. The van der Waals surface area contributed by atoms with Crippen LogP contribution < -0.4 is 10.1 Å². The van der Waals surface area contributed by atoms with Crippen molar-refractivity contribution in [2.45, 2.75) is 27.3 Å². The molecule has 2 aromatic carbocycles. The third-order valence-electron chi connectivity index (χ3n) is 5.02. The molecule has 0 atom stereocenters. The Morgan fingerprint density at radius 1 is 1.07 bits per heavy atom. The SMILES string of the molecule is CCN(CC)CCOc1ccccc1CNC(=O)c1oc2ccccc2c1C. The van der Waals surface area contributed by atoms with Gasteiger partial charge in [-0.25, -0.2) is 0 Å². The van der Waals surface area contributed by atoms with Crippen LogP contribution in [0.15, 0.2) is 52.9 Å². The van der Waals surface area contributed by atoms with Crippen LogP contribution in [0.4, 0.5) is 0 Å². The van der Waals surface area contributed by atoms with Crippen LogP contribution in [0.2, 0.25) is 0 Å². The van der Waals surface area contributed by atoms with Crippen molar-refractivity contribution in [3.05, 3.63) is 65.4 Å². The molecule has 148 valence electrons. The molecule has 0 aliphatic rings. The number of nitrogens with one attached hydrogen (secondary N) is 1. The van der Waals surface area contributed by atoms with Crippen molar-refractivity contribution < 1.29 is 13.9 Å². The molecule has 5 nitrogen and oxygen atoms in total. The lowest BCUT2D eigenvalue weighted by Gasteiger charge is -2.19. The van der Waals surface area contributed by atoms with Gasteiger partial charge in [-0.15, -0.1) is 0 Å². The number of hydrogen-bond acceptors (Lipinski definition) is 4. The predicted molar refractivity (Wildman–Crippen MR) is 112 cm³/mol. The Balaban J connectivity index is 1.64. The molecule has 0 bridgehead atoms. The van der Waals surface area contributed by atoms with Gasteiger partial charge in [-0.3, -0.25) is 4.79 Å². The Kier molecular flexibility index (Phi) is 6.71. The molecule has 0 radical (unpaired) electrons. The smallest absolute Gasteiger partial charge is 0.287 e. The van der Waals surface area contributed by atoms with E-state index in [1.165, 1.54) is 0 Å². The number of hydrogen-bond donors (Lipinski definition) is 1. The molecule has 0 saturated carbocycles. The van der Waals surface area contributed by atoms with Crippen LogP contribution in [0, 0.1) is 6.92 Å². The lowest BCUT2D eigenvalue weighted by atomic mass is 10.1. The van der Waals surface area contributed by atoms with Gasteiger partial charge in [0.2, 0.25) is 0 Å². The highest BCUT2D eigenvalue weighted by atomic mass is 16.5. The average molecular weight is 380 g/mol. The summed E-state index contributed by atoms with van der Waals surface area (Å²) in [6, 6.07) is 15.5. The number of rotatable bonds is 9. The molecule has 1 aromatic heterocycles. The molecule has 3 rings (SSSR count). The van der Waals surface area contributed by atoms with E-state index >= 15 is 0 Å². The largest absolute Gasteiger partial charge is 0.492 e. The maximum Gasteiger partial charge on any atom is 0.287 e. The molecule has 0 unspecified atom stereocenters. The Bertz CT molecular complexity index is 928. The molecule has 0 spiro atoms. The molecule has 0 fully saturated rings. The van der Waals surface area contributed by atoms with Crippen LogP contribution >= 0.6 is 0 Å². The van der Waals surface area contributed by atoms with Gasteiger partial charge in [0.1, 0.15) is 17.9 Å². The first-order chi connectivity index (χ1) is 13.6. The van der Waals surface area contributed by atoms with Gasteiger partial charge in [0.25, 0.3) is 5.91 Å². The molecule has 5 heteroatoms. The van der Waals surface area contributed by atoms with E-state index < -0.39 is 0 Å². The molecule has 1 N–H and O–H groups in total. The van der Waals surface area contributed by atoms with Gasteiger partial charge in [0.05, 0.1) is 0 Å². The van der Waals surface area contributed by atoms with Gasteiger partial charge in [-0.2, -0.15) is 0 Å². The van der Waals surface area contributed by atoms with E-state index in [0.29, 0.717) is 18.9 Å². The second-order valence-electron chi connectivity index (χ2n) is 6.72. The van der Waals surface area contributed by atoms with Crippen molar-refractivity contribution in [3.8, 4) is 5.75 Å². The fourth-order valence-corrected chi connectivity index (χ4v) is 3.26. The van der Waals surface area contributed by atoms with Gasteiger partial charge in [-0.05, 0) is 32.1 Å². The van der Waals surface area contributed by atoms with Crippen molar-refractivity contribution >= 4 is 16.9 Å². The maximum atomic E-state index is 12.6. The summed E-state index contributed by atoms with van der Waals surface area (Å²) in [5.41, 5.74) is 2.53. The molecule has 28 heavy (non-hydrogen) atoms. The van der Waals surface area contributed by atoms with E-state index in [0.717, 1.165) is 47.5 Å². The van der Waals surface area contributed by atoms with Crippen LogP contribution in [-0.4, -0.2) is 37.0 Å². The van der Waals surface area contributed by atoms with E-state index in [4.69, 9.17) is 9.15 Å². The van der Waals surface area contributed by atoms with Gasteiger partial charge in [-0.1, -0.05) is 50.2 Å². The third kappa shape index (κ3) is 4.54. The first-order valence-electron chi connectivity index (χ1n) is 9.83. The molecule has 3 aromatic rings. The van der Waals surface area contributed by atoms with Crippen molar-refractivity contribution in [3.63, 3.8) is 0 Å². The zero-order valence-electron chi connectivity index (χ0n) is 16.8. The second-order valence-corrected chi connectivity index (χ2v) is 6.72. The minimum Gasteiger partial charge on any atom is -0.492 e. The van der Waals surface area contributed by atoms with Crippen molar-refractivity contribution in [1.82, 2.24) is 10.2 Å². The number of nitrogens with zero attached hydrogens (tertiary/aromatic N) is 1. The summed E-state index contributed by atoms with van der Waals surface area (Å²) < 4.78 is 11.7. The Hall–Kier alpha value is -2.79. The summed E-state index contributed by atoms with van der Waals surface area (Å²) in [6.45, 7) is 10.1. The molecule has 0 aliphatic heterocycles. The average Bonchev–Trinajstić information content (AvgIpc) is 3.07. The van der Waals surface area contributed by atoms with Gasteiger partial charge in [0, 0.05) is 29.6 Å². The van der Waals surface area contributed by atoms with E-state index in [-0.39, 0.29) is 5.91 Å². The molecule has 1 heterocycles. The van der Waals surface area contributed by atoms with Crippen LogP contribution in [0.3, 0.4) is 0 Å². The Labute approximate surface area is 166 Å². The zero-order valence-corrected chi connectivity index (χ0v) is 16.8. The molecular weight excluding hydrogens is 352 g/mol. The summed E-state index contributed by atoms with van der Waals surface area (Å²) >= 11 is 0. The summed E-state index contributed by atoms with van der Waals surface area (Å²) in [7, 11) is 0. The molecule has 0 aliphatic carbocycles. The van der Waals surface area contributed by atoms with Crippen LogP contribution in [-0.2, 0) is 6.54 Å². The molecule has 1 amide bonds. The number of furan rings is 1. The standard InChI is InChI=1S/C23H28N2O3/c1-4-25(5-2)14-15-27-20-12-8-6-10-18(20)16-24-23(26)22-17(3)19-11-7-9-13-21(19)28-22/h6-13H,4-5,14-16H2,1-3H3,(H,24,26). The summed E-state index contributed by atoms with van der Waals surface area (Å²) in [5.74, 6) is 0.948. The van der Waals surface area contributed by atoms with Crippen molar-refractivity contribution in [2.75, 3.05) is 26.2 Å². The first-order valence-corrected chi connectivity index (χ1v) is 9.83. The number of aryl methyl sites for hydroxylation is 1. The molecule has 0 saturated heterocycles. The molecular formula is C23H28N2O3. The highest BCUT2D eigenvalue weighted by Gasteiger charge is 2.17.